The van der Waals surface area contributed by atoms with E-state index in [-0.39, 0.29) is 24.8 Å². The quantitative estimate of drug-likeness (QED) is 0.689. The molecule has 1 fully saturated rings. The number of piperidine rings is 1. The van der Waals surface area contributed by atoms with E-state index in [4.69, 9.17) is 19.1 Å². The monoisotopic (exact) mass is 471 g/mol. The lowest BCUT2D eigenvalue weighted by atomic mass is 9.88. The van der Waals surface area contributed by atoms with Crippen LogP contribution in [0.3, 0.4) is 0 Å². The van der Waals surface area contributed by atoms with E-state index in [1.165, 1.54) is 5.57 Å². The van der Waals surface area contributed by atoms with Crippen LogP contribution in [0.2, 0.25) is 0 Å². The van der Waals surface area contributed by atoms with Gasteiger partial charge in [-0.05, 0) is 67.0 Å². The molecule has 2 aliphatic rings. The number of aryl methyl sites for hydroxylation is 2. The Balaban J connectivity index is 1.71. The van der Waals surface area contributed by atoms with Crippen molar-refractivity contribution in [3.05, 3.63) is 64.5 Å². The standard InChI is InChI=1S/C24H29N3O5S/c1-2-14-31-33(29,30)32-20-7-8-21-19(15-20)6-5-18-4-3-11-26-24(18)23(21)17-9-12-27(13-10-17)22(28)16-25/h3-4,7-8,11,15H,2,5-6,9-10,12-14,16,25H2,1H3. The second-order valence-corrected chi connectivity index (χ2v) is 9.43. The zero-order valence-corrected chi connectivity index (χ0v) is 19.6. The number of pyridine rings is 1. The van der Waals surface area contributed by atoms with Gasteiger partial charge in [0.2, 0.25) is 5.91 Å². The van der Waals surface area contributed by atoms with Crippen LogP contribution >= 0.6 is 0 Å². The summed E-state index contributed by atoms with van der Waals surface area (Å²) in [6.07, 6.45) is 5.38. The lowest BCUT2D eigenvalue weighted by molar-refractivity contribution is -0.130. The third-order valence-electron chi connectivity index (χ3n) is 6.02. The highest BCUT2D eigenvalue weighted by molar-refractivity contribution is 7.82. The molecule has 0 atom stereocenters. The van der Waals surface area contributed by atoms with Gasteiger partial charge in [0.25, 0.3) is 0 Å². The molecule has 9 heteroatoms. The molecule has 1 aromatic heterocycles. The van der Waals surface area contributed by atoms with E-state index in [0.29, 0.717) is 19.5 Å². The lowest BCUT2D eigenvalue weighted by Crippen LogP contribution is -2.40. The molecule has 33 heavy (non-hydrogen) atoms. The average Bonchev–Trinajstić information content (AvgIpc) is 2.99. The fraction of sp³-hybridized carbons (Fsp3) is 0.417. The van der Waals surface area contributed by atoms with Gasteiger partial charge in [-0.3, -0.25) is 9.78 Å². The van der Waals surface area contributed by atoms with Crippen LogP contribution in [0.25, 0.3) is 5.57 Å². The summed E-state index contributed by atoms with van der Waals surface area (Å²) < 4.78 is 34.2. The molecule has 0 radical (unpaired) electrons. The molecule has 0 saturated carbocycles. The van der Waals surface area contributed by atoms with Gasteiger partial charge in [0, 0.05) is 24.9 Å². The number of carbonyl (C=O) groups is 1. The highest BCUT2D eigenvalue weighted by Crippen LogP contribution is 2.39. The zero-order chi connectivity index (χ0) is 23.4. The number of rotatable bonds is 6. The summed E-state index contributed by atoms with van der Waals surface area (Å²) in [5.41, 5.74) is 12.0. The Morgan fingerprint density at radius 2 is 1.88 bits per heavy atom. The summed E-state index contributed by atoms with van der Waals surface area (Å²) in [6.45, 7) is 3.18. The first-order valence-corrected chi connectivity index (χ1v) is 12.6. The first-order valence-electron chi connectivity index (χ1n) is 11.3. The summed E-state index contributed by atoms with van der Waals surface area (Å²) in [7, 11) is -4.11. The largest absolute Gasteiger partial charge is 0.449 e. The molecule has 176 valence electrons. The van der Waals surface area contributed by atoms with E-state index in [1.54, 1.807) is 23.2 Å². The molecular weight excluding hydrogens is 442 g/mol. The molecule has 4 rings (SSSR count). The molecule has 0 spiro atoms. The normalized spacial score (nSPS) is 16.1. The number of nitrogens with zero attached hydrogens (tertiary/aromatic N) is 2. The summed E-state index contributed by atoms with van der Waals surface area (Å²) in [4.78, 5) is 18.5. The van der Waals surface area contributed by atoms with Crippen LogP contribution in [0.15, 0.2) is 42.1 Å². The Morgan fingerprint density at radius 3 is 2.61 bits per heavy atom. The van der Waals surface area contributed by atoms with Gasteiger partial charge in [-0.1, -0.05) is 24.6 Å². The van der Waals surface area contributed by atoms with Crippen molar-refractivity contribution in [3.8, 4) is 5.75 Å². The molecule has 0 unspecified atom stereocenters. The van der Waals surface area contributed by atoms with Gasteiger partial charge in [-0.25, -0.2) is 4.18 Å². The van der Waals surface area contributed by atoms with E-state index >= 15 is 0 Å². The molecule has 2 heterocycles. The van der Waals surface area contributed by atoms with Gasteiger partial charge in [-0.15, -0.1) is 0 Å². The first kappa shape index (κ1) is 23.4. The van der Waals surface area contributed by atoms with Crippen LogP contribution in [-0.2, 0) is 32.2 Å². The Morgan fingerprint density at radius 1 is 1.12 bits per heavy atom. The van der Waals surface area contributed by atoms with Crippen molar-refractivity contribution in [3.63, 3.8) is 0 Å². The Bertz CT molecular complexity index is 1170. The summed E-state index contributed by atoms with van der Waals surface area (Å²) in [5.74, 6) is 0.198. The maximum absolute atomic E-state index is 12.1. The van der Waals surface area contributed by atoms with Gasteiger partial charge in [0.1, 0.15) is 5.75 Å². The number of carbonyl (C=O) groups excluding carboxylic acids is 1. The van der Waals surface area contributed by atoms with Gasteiger partial charge in [0.15, 0.2) is 0 Å². The van der Waals surface area contributed by atoms with Crippen LogP contribution in [0.4, 0.5) is 0 Å². The van der Waals surface area contributed by atoms with Crippen molar-refractivity contribution in [2.24, 2.45) is 5.73 Å². The van der Waals surface area contributed by atoms with E-state index in [9.17, 15) is 13.2 Å². The molecule has 8 nitrogen and oxygen atoms in total. The summed E-state index contributed by atoms with van der Waals surface area (Å²) >= 11 is 0. The third-order valence-corrected chi connectivity index (χ3v) is 6.87. The first-order chi connectivity index (χ1) is 15.9. The summed E-state index contributed by atoms with van der Waals surface area (Å²) in [5, 5.41) is 0. The number of nitrogens with two attached hydrogens (primary N) is 1. The predicted molar refractivity (Wildman–Crippen MR) is 125 cm³/mol. The van der Waals surface area contributed by atoms with E-state index in [0.717, 1.165) is 53.6 Å². The van der Waals surface area contributed by atoms with Crippen LogP contribution < -0.4 is 9.92 Å². The maximum Gasteiger partial charge on any atom is 0.449 e. The molecule has 1 aromatic carbocycles. The van der Waals surface area contributed by atoms with Crippen molar-refractivity contribution in [2.75, 3.05) is 26.2 Å². The number of fused-ring (bicyclic) bond motifs is 2. The molecule has 1 aliphatic heterocycles. The number of benzene rings is 1. The number of aromatic nitrogens is 1. The molecular formula is C24H29N3O5S. The number of amides is 1. The predicted octanol–water partition coefficient (Wildman–Crippen LogP) is 2.61. The van der Waals surface area contributed by atoms with Crippen molar-refractivity contribution >= 4 is 21.9 Å². The minimum Gasteiger partial charge on any atom is -0.362 e. The number of hydrogen-bond acceptors (Lipinski definition) is 7. The van der Waals surface area contributed by atoms with E-state index in [2.05, 4.69) is 6.07 Å². The molecule has 1 amide bonds. The highest BCUT2D eigenvalue weighted by Gasteiger charge is 2.26. The lowest BCUT2D eigenvalue weighted by Gasteiger charge is -2.30. The Labute approximate surface area is 194 Å². The molecule has 2 N–H and O–H groups in total. The zero-order valence-electron chi connectivity index (χ0n) is 18.7. The van der Waals surface area contributed by atoms with Gasteiger partial charge in [0.05, 0.1) is 18.8 Å². The topological polar surface area (TPSA) is 112 Å². The smallest absolute Gasteiger partial charge is 0.362 e. The van der Waals surface area contributed by atoms with Crippen molar-refractivity contribution in [2.45, 2.75) is 39.0 Å². The fourth-order valence-corrected chi connectivity index (χ4v) is 5.18. The second kappa shape index (κ2) is 10.0. The minimum atomic E-state index is -4.11. The van der Waals surface area contributed by atoms with Crippen LogP contribution in [0, 0.1) is 0 Å². The van der Waals surface area contributed by atoms with Crippen LogP contribution in [0.5, 0.6) is 5.75 Å². The molecule has 1 saturated heterocycles. The fourth-order valence-electron chi connectivity index (χ4n) is 4.43. The maximum atomic E-state index is 12.1. The van der Waals surface area contributed by atoms with Crippen molar-refractivity contribution < 1.29 is 21.6 Å². The van der Waals surface area contributed by atoms with Gasteiger partial charge in [-0.2, -0.15) is 8.42 Å². The highest BCUT2D eigenvalue weighted by atomic mass is 32.3. The van der Waals surface area contributed by atoms with Crippen LogP contribution in [-0.4, -0.2) is 50.5 Å². The second-order valence-electron chi connectivity index (χ2n) is 8.21. The van der Waals surface area contributed by atoms with Crippen LogP contribution in [0.1, 0.15) is 48.6 Å². The van der Waals surface area contributed by atoms with Crippen molar-refractivity contribution in [1.29, 1.82) is 0 Å². The number of likely N-dealkylation sites (tertiary alicyclic amines) is 1. The van der Waals surface area contributed by atoms with E-state index < -0.39 is 10.4 Å². The third kappa shape index (κ3) is 5.26. The average molecular weight is 472 g/mol. The Hall–Kier alpha value is -2.75. The van der Waals surface area contributed by atoms with E-state index in [1.807, 2.05) is 19.1 Å². The summed E-state index contributed by atoms with van der Waals surface area (Å²) in [6, 6.07) is 9.37. The number of hydrogen-bond donors (Lipinski definition) is 1. The van der Waals surface area contributed by atoms with Crippen molar-refractivity contribution in [1.82, 2.24) is 9.88 Å². The SMILES string of the molecule is CCCOS(=O)(=O)Oc1ccc2c(c1)CCc1cccnc1C2=C1CCN(C(=O)CN)CC1. The molecule has 2 aromatic rings. The van der Waals surface area contributed by atoms with Gasteiger partial charge < -0.3 is 14.8 Å². The molecule has 1 aliphatic carbocycles. The minimum absolute atomic E-state index is 0.0206. The van der Waals surface area contributed by atoms with Gasteiger partial charge >= 0.3 is 10.4 Å². The molecule has 0 bridgehead atoms. The Kier molecular flexibility index (Phi) is 7.11.